The molecule has 0 spiro atoms. The molecule has 2 fully saturated rings. The van der Waals surface area contributed by atoms with Crippen molar-refractivity contribution in [1.29, 1.82) is 0 Å². The predicted molar refractivity (Wildman–Crippen MR) is 123 cm³/mol. The first-order chi connectivity index (χ1) is 15.4. The molecule has 1 atom stereocenters. The second-order valence-electron chi connectivity index (χ2n) is 8.55. The zero-order valence-corrected chi connectivity index (χ0v) is 18.8. The lowest BCUT2D eigenvalue weighted by Gasteiger charge is -2.36. The van der Waals surface area contributed by atoms with Crippen LogP contribution in [0.3, 0.4) is 0 Å². The fourth-order valence-electron chi connectivity index (χ4n) is 4.84. The Balaban J connectivity index is 1.58. The minimum Gasteiger partial charge on any atom is -0.381 e. The number of carbonyl (C=O) groups excluding carboxylic acids is 3. The molecule has 2 aromatic rings. The number of nitrogens with one attached hydrogen (secondary N) is 2. The minimum atomic E-state index is -0.723. The van der Waals surface area contributed by atoms with E-state index in [1.165, 1.54) is 0 Å². The zero-order valence-electron chi connectivity index (χ0n) is 18.1. The van der Waals surface area contributed by atoms with Gasteiger partial charge in [0.15, 0.2) is 0 Å². The molecule has 3 amide bonds. The van der Waals surface area contributed by atoms with E-state index in [1.807, 2.05) is 49.4 Å². The van der Waals surface area contributed by atoms with E-state index in [0.717, 1.165) is 11.1 Å². The first-order valence-corrected chi connectivity index (χ1v) is 11.4. The quantitative estimate of drug-likeness (QED) is 0.666. The van der Waals surface area contributed by atoms with E-state index >= 15 is 0 Å². The van der Waals surface area contributed by atoms with E-state index < -0.39 is 10.8 Å². The van der Waals surface area contributed by atoms with Crippen LogP contribution in [0.25, 0.3) is 0 Å². The summed E-state index contributed by atoms with van der Waals surface area (Å²) in [6, 6.07) is 14.8. The Kier molecular flexibility index (Phi) is 6.35. The molecule has 2 heterocycles. The molecule has 7 heteroatoms. The third-order valence-corrected chi connectivity index (χ3v) is 7.16. The van der Waals surface area contributed by atoms with E-state index in [9.17, 15) is 14.4 Å². The summed E-state index contributed by atoms with van der Waals surface area (Å²) < 4.78 is 5.53. The molecule has 2 aromatic carbocycles. The Labute approximate surface area is 192 Å². The molecule has 0 bridgehead atoms. The molecule has 1 unspecified atom stereocenters. The van der Waals surface area contributed by atoms with Gasteiger partial charge in [0.25, 0.3) is 0 Å². The van der Waals surface area contributed by atoms with E-state index in [2.05, 4.69) is 10.6 Å². The van der Waals surface area contributed by atoms with Crippen LogP contribution in [0, 0.1) is 0 Å². The summed E-state index contributed by atoms with van der Waals surface area (Å²) in [6.45, 7) is 2.96. The number of halogens is 1. The van der Waals surface area contributed by atoms with Crippen LogP contribution in [-0.2, 0) is 30.0 Å². The maximum Gasteiger partial charge on any atom is 0.237 e. The van der Waals surface area contributed by atoms with Crippen LogP contribution >= 0.6 is 11.6 Å². The summed E-state index contributed by atoms with van der Waals surface area (Å²) in [5.74, 6) is -0.581. The van der Waals surface area contributed by atoms with E-state index in [0.29, 0.717) is 56.0 Å². The SMILES string of the molecule is CCC1(c2ccc(NC(=O)C3(c4cccc(Cl)c4)CCOCC3)cc2)CCC(=O)NC1=O. The number of benzene rings is 2. The Morgan fingerprint density at radius 1 is 1.06 bits per heavy atom. The molecule has 2 saturated heterocycles. The average Bonchev–Trinajstić information content (AvgIpc) is 2.80. The van der Waals surface area contributed by atoms with E-state index in [1.54, 1.807) is 6.07 Å². The van der Waals surface area contributed by atoms with Crippen LogP contribution in [0.2, 0.25) is 5.02 Å². The highest BCUT2D eigenvalue weighted by atomic mass is 35.5. The van der Waals surface area contributed by atoms with Gasteiger partial charge in [0.05, 0.1) is 10.8 Å². The molecule has 4 rings (SSSR count). The molecule has 2 aliphatic rings. The molecule has 0 radical (unpaired) electrons. The fraction of sp³-hybridized carbons (Fsp3) is 0.400. The van der Waals surface area contributed by atoms with Gasteiger partial charge in [-0.05, 0) is 61.1 Å². The van der Waals surface area contributed by atoms with Crippen molar-refractivity contribution < 1.29 is 19.1 Å². The largest absolute Gasteiger partial charge is 0.381 e. The van der Waals surface area contributed by atoms with E-state index in [4.69, 9.17) is 16.3 Å². The fourth-order valence-corrected chi connectivity index (χ4v) is 5.03. The highest BCUT2D eigenvalue weighted by molar-refractivity contribution is 6.30. The van der Waals surface area contributed by atoms with Crippen molar-refractivity contribution in [1.82, 2.24) is 5.32 Å². The van der Waals surface area contributed by atoms with Gasteiger partial charge in [-0.15, -0.1) is 0 Å². The summed E-state index contributed by atoms with van der Waals surface area (Å²) in [5.41, 5.74) is 0.953. The van der Waals surface area contributed by atoms with Gasteiger partial charge in [0.2, 0.25) is 17.7 Å². The van der Waals surface area contributed by atoms with Crippen molar-refractivity contribution >= 4 is 35.0 Å². The number of hydrogen-bond donors (Lipinski definition) is 2. The summed E-state index contributed by atoms with van der Waals surface area (Å²) in [7, 11) is 0. The van der Waals surface area contributed by atoms with Crippen LogP contribution in [0.5, 0.6) is 0 Å². The molecule has 0 saturated carbocycles. The molecule has 0 aromatic heterocycles. The maximum absolute atomic E-state index is 13.5. The highest BCUT2D eigenvalue weighted by Gasteiger charge is 2.43. The number of piperidine rings is 1. The summed E-state index contributed by atoms with van der Waals surface area (Å²) >= 11 is 6.21. The second-order valence-corrected chi connectivity index (χ2v) is 8.99. The Bertz CT molecular complexity index is 1030. The standard InChI is InChI=1S/C25H27ClN2O4/c1-2-24(11-10-21(29)28-22(24)30)17-6-8-20(9-7-17)27-23(31)25(12-14-32-15-13-25)18-4-3-5-19(26)16-18/h3-9,16H,2,10-15H2,1H3,(H,27,31)(H,28,29,30). The van der Waals surface area contributed by atoms with Crippen LogP contribution in [0.15, 0.2) is 48.5 Å². The highest BCUT2D eigenvalue weighted by Crippen LogP contribution is 2.38. The number of rotatable bonds is 5. The Hall–Kier alpha value is -2.70. The summed E-state index contributed by atoms with van der Waals surface area (Å²) in [6.07, 6.45) is 2.55. The molecule has 0 aliphatic carbocycles. The van der Waals surface area contributed by atoms with Crippen LogP contribution in [0.1, 0.15) is 50.2 Å². The number of imide groups is 1. The topological polar surface area (TPSA) is 84.5 Å². The molecule has 32 heavy (non-hydrogen) atoms. The number of ether oxygens (including phenoxy) is 1. The second kappa shape index (κ2) is 9.04. The molecular weight excluding hydrogens is 428 g/mol. The first kappa shape index (κ1) is 22.5. The van der Waals surface area contributed by atoms with Gasteiger partial charge in [-0.2, -0.15) is 0 Å². The molecule has 2 aliphatic heterocycles. The van der Waals surface area contributed by atoms with Crippen molar-refractivity contribution in [2.75, 3.05) is 18.5 Å². The van der Waals surface area contributed by atoms with Gasteiger partial charge in [-0.25, -0.2) is 0 Å². The Morgan fingerprint density at radius 2 is 1.78 bits per heavy atom. The van der Waals surface area contributed by atoms with Gasteiger partial charge in [0, 0.05) is 30.3 Å². The van der Waals surface area contributed by atoms with Crippen molar-refractivity contribution in [3.8, 4) is 0 Å². The number of amides is 3. The lowest BCUT2D eigenvalue weighted by Crippen LogP contribution is -2.51. The third kappa shape index (κ3) is 4.05. The first-order valence-electron chi connectivity index (χ1n) is 11.0. The molecule has 168 valence electrons. The van der Waals surface area contributed by atoms with Gasteiger partial charge >= 0.3 is 0 Å². The van der Waals surface area contributed by atoms with Crippen LogP contribution < -0.4 is 10.6 Å². The third-order valence-electron chi connectivity index (χ3n) is 6.92. The Morgan fingerprint density at radius 3 is 2.41 bits per heavy atom. The van der Waals surface area contributed by atoms with Crippen molar-refractivity contribution in [2.45, 2.75) is 49.9 Å². The monoisotopic (exact) mass is 454 g/mol. The minimum absolute atomic E-state index is 0.0953. The van der Waals surface area contributed by atoms with Crippen molar-refractivity contribution in [2.24, 2.45) is 0 Å². The smallest absolute Gasteiger partial charge is 0.237 e. The van der Waals surface area contributed by atoms with Gasteiger partial charge < -0.3 is 10.1 Å². The van der Waals surface area contributed by atoms with Gasteiger partial charge in [-0.3, -0.25) is 19.7 Å². The zero-order chi connectivity index (χ0) is 22.8. The maximum atomic E-state index is 13.5. The van der Waals surface area contributed by atoms with E-state index in [-0.39, 0.29) is 17.7 Å². The van der Waals surface area contributed by atoms with Gasteiger partial charge in [-0.1, -0.05) is 42.8 Å². The summed E-state index contributed by atoms with van der Waals surface area (Å²) in [4.78, 5) is 37.7. The lowest BCUT2D eigenvalue weighted by molar-refractivity contribution is -0.138. The molecule has 6 nitrogen and oxygen atoms in total. The van der Waals surface area contributed by atoms with Crippen LogP contribution in [-0.4, -0.2) is 30.9 Å². The summed E-state index contributed by atoms with van der Waals surface area (Å²) in [5, 5.41) is 6.12. The van der Waals surface area contributed by atoms with Gasteiger partial charge in [0.1, 0.15) is 0 Å². The number of carbonyl (C=O) groups is 3. The lowest BCUT2D eigenvalue weighted by atomic mass is 9.72. The number of anilines is 1. The molecule has 2 N–H and O–H groups in total. The average molecular weight is 455 g/mol. The van der Waals surface area contributed by atoms with Crippen LogP contribution in [0.4, 0.5) is 5.69 Å². The number of hydrogen-bond acceptors (Lipinski definition) is 4. The predicted octanol–water partition coefficient (Wildman–Crippen LogP) is 4.11. The van der Waals surface area contributed by atoms with Crippen molar-refractivity contribution in [3.63, 3.8) is 0 Å². The van der Waals surface area contributed by atoms with Crippen molar-refractivity contribution in [3.05, 3.63) is 64.7 Å². The molecular formula is C25H27ClN2O4. The normalized spacial score (nSPS) is 22.8.